The van der Waals surface area contributed by atoms with Crippen molar-refractivity contribution in [3.8, 4) is 11.5 Å². The van der Waals surface area contributed by atoms with Crippen LogP contribution in [0.4, 0.5) is 0 Å². The highest BCUT2D eigenvalue weighted by Crippen LogP contribution is 2.28. The topological polar surface area (TPSA) is 73.9 Å². The number of nitrogens with one attached hydrogen (secondary N) is 1. The Morgan fingerprint density at radius 3 is 2.46 bits per heavy atom. The van der Waals surface area contributed by atoms with Gasteiger partial charge in [-0.25, -0.2) is 4.79 Å². The summed E-state index contributed by atoms with van der Waals surface area (Å²) in [4.78, 5) is 23.9. The van der Waals surface area contributed by atoms with Crippen LogP contribution in [0.3, 0.4) is 0 Å². The first-order valence-corrected chi connectivity index (χ1v) is 10.0. The lowest BCUT2D eigenvalue weighted by atomic mass is 9.97. The van der Waals surface area contributed by atoms with E-state index >= 15 is 0 Å². The fourth-order valence-corrected chi connectivity index (χ4v) is 3.29. The highest BCUT2D eigenvalue weighted by Gasteiger charge is 2.16. The van der Waals surface area contributed by atoms with Crippen molar-refractivity contribution >= 4 is 18.0 Å². The molecule has 0 spiro atoms. The maximum atomic E-state index is 12.0. The van der Waals surface area contributed by atoms with Crippen LogP contribution in [0.15, 0.2) is 24.3 Å². The maximum Gasteiger partial charge on any atom is 0.344 e. The smallest absolute Gasteiger partial charge is 0.344 e. The maximum absolute atomic E-state index is 12.0. The van der Waals surface area contributed by atoms with Crippen LogP contribution in [-0.2, 0) is 14.3 Å². The molecule has 0 aliphatic heterocycles. The van der Waals surface area contributed by atoms with Crippen molar-refractivity contribution in [3.05, 3.63) is 29.8 Å². The zero-order valence-electron chi connectivity index (χ0n) is 16.9. The zero-order chi connectivity index (χ0) is 20.2. The molecule has 0 unspecified atom stereocenters. The van der Waals surface area contributed by atoms with Crippen molar-refractivity contribution in [2.24, 2.45) is 0 Å². The number of methoxy groups -OCH3 is 1. The van der Waals surface area contributed by atoms with Crippen LogP contribution >= 0.6 is 0 Å². The molecule has 0 saturated heterocycles. The van der Waals surface area contributed by atoms with E-state index in [-0.39, 0.29) is 25.2 Å². The molecule has 1 aromatic rings. The summed E-state index contributed by atoms with van der Waals surface area (Å²) < 4.78 is 15.8. The molecule has 6 heteroatoms. The standard InChI is InChI=1S/C22H31NO5/c1-3-9-17-12-13-19(20(14-17)26-2)27-16-22(25)28-15-21(24)23-18-10-7-5-4-6-8-11-18/h3,9,12-14,18H,4-8,10-11,15-16H2,1-2H3,(H,23,24)/b9-3+. The lowest BCUT2D eigenvalue weighted by molar-refractivity contribution is -0.150. The number of benzene rings is 1. The van der Waals surface area contributed by atoms with Gasteiger partial charge < -0.3 is 19.5 Å². The molecule has 154 valence electrons. The van der Waals surface area contributed by atoms with Crippen LogP contribution in [0.1, 0.15) is 57.4 Å². The Balaban J connectivity index is 1.74. The molecule has 1 aliphatic carbocycles. The minimum absolute atomic E-state index is 0.183. The SMILES string of the molecule is C/C=C/c1ccc(OCC(=O)OCC(=O)NC2CCCCCCC2)c(OC)c1. The lowest BCUT2D eigenvalue weighted by Crippen LogP contribution is -2.38. The third kappa shape index (κ3) is 7.62. The predicted octanol–water partition coefficient (Wildman–Crippen LogP) is 3.88. The number of hydrogen-bond donors (Lipinski definition) is 1. The van der Waals surface area contributed by atoms with Gasteiger partial charge in [-0.1, -0.05) is 50.3 Å². The average Bonchev–Trinajstić information content (AvgIpc) is 2.67. The van der Waals surface area contributed by atoms with E-state index in [0.717, 1.165) is 31.2 Å². The number of hydrogen-bond acceptors (Lipinski definition) is 5. The Morgan fingerprint density at radius 1 is 1.07 bits per heavy atom. The molecule has 0 atom stereocenters. The second kappa shape index (κ2) is 12.1. The average molecular weight is 389 g/mol. The molecule has 2 rings (SSSR count). The van der Waals surface area contributed by atoms with Gasteiger partial charge in [-0.05, 0) is 37.5 Å². The predicted molar refractivity (Wildman–Crippen MR) is 108 cm³/mol. The van der Waals surface area contributed by atoms with Crippen molar-refractivity contribution in [2.75, 3.05) is 20.3 Å². The Morgan fingerprint density at radius 2 is 1.79 bits per heavy atom. The minimum Gasteiger partial charge on any atom is -0.493 e. The largest absolute Gasteiger partial charge is 0.493 e. The van der Waals surface area contributed by atoms with Gasteiger partial charge in [0.15, 0.2) is 24.7 Å². The van der Waals surface area contributed by atoms with Gasteiger partial charge in [0, 0.05) is 6.04 Å². The summed E-state index contributed by atoms with van der Waals surface area (Å²) in [5, 5.41) is 2.97. The number of amides is 1. The Labute approximate surface area is 167 Å². The highest BCUT2D eigenvalue weighted by atomic mass is 16.6. The van der Waals surface area contributed by atoms with Crippen molar-refractivity contribution < 1.29 is 23.8 Å². The van der Waals surface area contributed by atoms with E-state index in [0.29, 0.717) is 11.5 Å². The van der Waals surface area contributed by atoms with Gasteiger partial charge in [-0.15, -0.1) is 0 Å². The molecular weight excluding hydrogens is 358 g/mol. The van der Waals surface area contributed by atoms with Gasteiger partial charge in [0.25, 0.3) is 5.91 Å². The van der Waals surface area contributed by atoms with Gasteiger partial charge in [0.05, 0.1) is 7.11 Å². The first-order chi connectivity index (χ1) is 13.6. The molecular formula is C22H31NO5. The summed E-state index contributed by atoms with van der Waals surface area (Å²) in [5.41, 5.74) is 0.972. The fourth-order valence-electron chi connectivity index (χ4n) is 3.29. The number of rotatable bonds is 8. The number of ether oxygens (including phenoxy) is 3. The van der Waals surface area contributed by atoms with E-state index in [1.165, 1.54) is 19.3 Å². The highest BCUT2D eigenvalue weighted by molar-refractivity contribution is 5.81. The van der Waals surface area contributed by atoms with E-state index in [1.807, 2.05) is 31.2 Å². The van der Waals surface area contributed by atoms with Crippen LogP contribution in [0.5, 0.6) is 11.5 Å². The van der Waals surface area contributed by atoms with Crippen LogP contribution in [-0.4, -0.2) is 38.2 Å². The summed E-state index contributed by atoms with van der Waals surface area (Å²) in [6.45, 7) is 1.37. The summed E-state index contributed by atoms with van der Waals surface area (Å²) >= 11 is 0. The first-order valence-electron chi connectivity index (χ1n) is 10.0. The molecule has 1 fully saturated rings. The number of carbonyl (C=O) groups is 2. The second-order valence-electron chi connectivity index (χ2n) is 6.97. The molecule has 0 aromatic heterocycles. The number of allylic oxidation sites excluding steroid dienone is 1. The van der Waals surface area contributed by atoms with E-state index < -0.39 is 5.97 Å². The lowest BCUT2D eigenvalue weighted by Gasteiger charge is -2.20. The first kappa shape index (κ1) is 21.8. The van der Waals surface area contributed by atoms with E-state index in [2.05, 4.69) is 5.32 Å². The summed E-state index contributed by atoms with van der Waals surface area (Å²) in [6.07, 6.45) is 11.8. The van der Waals surface area contributed by atoms with Crippen LogP contribution in [0.2, 0.25) is 0 Å². The molecule has 6 nitrogen and oxygen atoms in total. The Hall–Kier alpha value is -2.50. The third-order valence-electron chi connectivity index (χ3n) is 4.73. The van der Waals surface area contributed by atoms with Crippen LogP contribution < -0.4 is 14.8 Å². The van der Waals surface area contributed by atoms with Gasteiger partial charge >= 0.3 is 5.97 Å². The van der Waals surface area contributed by atoms with Gasteiger partial charge in [-0.2, -0.15) is 0 Å². The zero-order valence-corrected chi connectivity index (χ0v) is 16.9. The van der Waals surface area contributed by atoms with Crippen LogP contribution in [0.25, 0.3) is 6.08 Å². The van der Waals surface area contributed by atoms with Crippen molar-refractivity contribution in [3.63, 3.8) is 0 Å². The molecule has 1 N–H and O–H groups in total. The number of esters is 1. The molecule has 0 radical (unpaired) electrons. The normalized spacial score (nSPS) is 15.5. The summed E-state index contributed by atoms with van der Waals surface area (Å²) in [7, 11) is 1.54. The summed E-state index contributed by atoms with van der Waals surface area (Å²) in [6, 6.07) is 5.61. The van der Waals surface area contributed by atoms with E-state index in [4.69, 9.17) is 14.2 Å². The molecule has 1 aromatic carbocycles. The van der Waals surface area contributed by atoms with Gasteiger partial charge in [0.2, 0.25) is 0 Å². The van der Waals surface area contributed by atoms with Crippen molar-refractivity contribution in [2.45, 2.75) is 57.9 Å². The summed E-state index contributed by atoms with van der Waals surface area (Å²) in [5.74, 6) is 0.136. The molecule has 1 saturated carbocycles. The van der Waals surface area contributed by atoms with E-state index in [1.54, 1.807) is 13.2 Å². The van der Waals surface area contributed by atoms with E-state index in [9.17, 15) is 9.59 Å². The molecule has 0 heterocycles. The van der Waals surface area contributed by atoms with Gasteiger partial charge in [0.1, 0.15) is 0 Å². The van der Waals surface area contributed by atoms with Crippen molar-refractivity contribution in [1.29, 1.82) is 0 Å². The molecule has 0 bridgehead atoms. The van der Waals surface area contributed by atoms with Crippen molar-refractivity contribution in [1.82, 2.24) is 5.32 Å². The number of carbonyl (C=O) groups excluding carboxylic acids is 2. The monoisotopic (exact) mass is 389 g/mol. The molecule has 1 amide bonds. The fraction of sp³-hybridized carbons (Fsp3) is 0.545. The molecule has 1 aliphatic rings. The minimum atomic E-state index is -0.590. The molecule has 28 heavy (non-hydrogen) atoms. The third-order valence-corrected chi connectivity index (χ3v) is 4.73. The quantitative estimate of drug-likeness (QED) is 0.683. The Bertz CT molecular complexity index is 663. The van der Waals surface area contributed by atoms with Crippen LogP contribution in [0, 0.1) is 0 Å². The Kier molecular flexibility index (Phi) is 9.39. The second-order valence-corrected chi connectivity index (χ2v) is 6.97. The van der Waals surface area contributed by atoms with Gasteiger partial charge in [-0.3, -0.25) is 4.79 Å².